The molecule has 4 unspecified atom stereocenters. The summed E-state index contributed by atoms with van der Waals surface area (Å²) >= 11 is 0. The molecule has 4 heteroatoms. The molecule has 0 aromatic heterocycles. The fourth-order valence-corrected chi connectivity index (χ4v) is 2.91. The maximum Gasteiger partial charge on any atom is 0.123 e. The van der Waals surface area contributed by atoms with Crippen LogP contribution in [0.3, 0.4) is 0 Å². The Morgan fingerprint density at radius 2 is 2.20 bits per heavy atom. The van der Waals surface area contributed by atoms with Gasteiger partial charge in [0, 0.05) is 18.6 Å². The van der Waals surface area contributed by atoms with Gasteiger partial charge in [0.25, 0.3) is 0 Å². The molecule has 2 rings (SSSR count). The molecule has 0 spiro atoms. The zero-order valence-electron chi connectivity index (χ0n) is 12.6. The van der Waals surface area contributed by atoms with Crippen molar-refractivity contribution in [1.29, 1.82) is 0 Å². The molecule has 4 atom stereocenters. The molecule has 0 radical (unpaired) electrons. The second kappa shape index (κ2) is 6.66. The quantitative estimate of drug-likeness (QED) is 0.921. The van der Waals surface area contributed by atoms with E-state index in [1.165, 1.54) is 6.07 Å². The van der Waals surface area contributed by atoms with Crippen LogP contribution in [0.4, 0.5) is 4.39 Å². The highest BCUT2D eigenvalue weighted by molar-refractivity contribution is 5.22. The summed E-state index contributed by atoms with van der Waals surface area (Å²) in [7, 11) is 0. The highest BCUT2D eigenvalue weighted by Gasteiger charge is 2.33. The van der Waals surface area contributed by atoms with Gasteiger partial charge in [0.1, 0.15) is 5.82 Å². The standard InChI is InChI=1S/C16H25FN2O/c1-4-15(18)16(13-6-5-7-14(17)8-13)19-9-12(3)20-10-11(19)2/h5-8,11-12,15-16H,4,9-10,18H2,1-3H3. The van der Waals surface area contributed by atoms with Crippen LogP contribution in [-0.4, -0.2) is 36.2 Å². The number of rotatable bonds is 4. The average Bonchev–Trinajstić information content (AvgIpc) is 2.43. The van der Waals surface area contributed by atoms with Crippen molar-refractivity contribution in [1.82, 2.24) is 4.90 Å². The number of hydrogen-bond acceptors (Lipinski definition) is 3. The van der Waals surface area contributed by atoms with E-state index in [0.717, 1.165) is 18.5 Å². The van der Waals surface area contributed by atoms with Crippen molar-refractivity contribution >= 4 is 0 Å². The van der Waals surface area contributed by atoms with Gasteiger partial charge in [-0.2, -0.15) is 0 Å². The zero-order valence-corrected chi connectivity index (χ0v) is 12.6. The van der Waals surface area contributed by atoms with E-state index in [1.807, 2.05) is 6.07 Å². The molecule has 3 nitrogen and oxygen atoms in total. The lowest BCUT2D eigenvalue weighted by atomic mass is 9.94. The maximum absolute atomic E-state index is 13.6. The molecule has 1 fully saturated rings. The number of morpholine rings is 1. The van der Waals surface area contributed by atoms with Crippen LogP contribution in [0.1, 0.15) is 38.8 Å². The van der Waals surface area contributed by atoms with Crippen LogP contribution < -0.4 is 5.73 Å². The van der Waals surface area contributed by atoms with Crippen LogP contribution in [0.5, 0.6) is 0 Å². The van der Waals surface area contributed by atoms with Gasteiger partial charge in [0.15, 0.2) is 0 Å². The smallest absolute Gasteiger partial charge is 0.123 e. The van der Waals surface area contributed by atoms with Crippen LogP contribution in [-0.2, 0) is 4.74 Å². The Labute approximate surface area is 120 Å². The molecule has 0 aliphatic carbocycles. The van der Waals surface area contributed by atoms with Crippen LogP contribution in [0, 0.1) is 5.82 Å². The van der Waals surface area contributed by atoms with Crippen molar-refractivity contribution in [3.8, 4) is 0 Å². The third-order valence-electron chi connectivity index (χ3n) is 4.08. The first-order chi connectivity index (χ1) is 9.52. The lowest BCUT2D eigenvalue weighted by molar-refractivity contribution is -0.0707. The van der Waals surface area contributed by atoms with Gasteiger partial charge in [-0.05, 0) is 38.0 Å². The molecule has 20 heavy (non-hydrogen) atoms. The van der Waals surface area contributed by atoms with Crippen LogP contribution in [0.15, 0.2) is 24.3 Å². The summed E-state index contributed by atoms with van der Waals surface area (Å²) in [6.07, 6.45) is 1.05. The van der Waals surface area contributed by atoms with E-state index in [1.54, 1.807) is 12.1 Å². The number of nitrogens with two attached hydrogens (primary N) is 1. The van der Waals surface area contributed by atoms with Gasteiger partial charge >= 0.3 is 0 Å². The van der Waals surface area contributed by atoms with Crippen molar-refractivity contribution in [3.05, 3.63) is 35.6 Å². The Morgan fingerprint density at radius 3 is 2.85 bits per heavy atom. The zero-order chi connectivity index (χ0) is 14.7. The van der Waals surface area contributed by atoms with Gasteiger partial charge in [-0.3, -0.25) is 4.90 Å². The highest BCUT2D eigenvalue weighted by Crippen LogP contribution is 2.30. The molecular formula is C16H25FN2O. The van der Waals surface area contributed by atoms with Gasteiger partial charge in [0.2, 0.25) is 0 Å². The normalized spacial score (nSPS) is 27.2. The molecule has 0 saturated carbocycles. The maximum atomic E-state index is 13.6. The van der Waals surface area contributed by atoms with E-state index >= 15 is 0 Å². The first-order valence-corrected chi connectivity index (χ1v) is 7.41. The topological polar surface area (TPSA) is 38.5 Å². The highest BCUT2D eigenvalue weighted by atomic mass is 19.1. The number of nitrogens with zero attached hydrogens (tertiary/aromatic N) is 1. The summed E-state index contributed by atoms with van der Waals surface area (Å²) < 4.78 is 19.2. The Hall–Kier alpha value is -0.970. The average molecular weight is 280 g/mol. The number of halogens is 1. The van der Waals surface area contributed by atoms with Gasteiger partial charge in [-0.1, -0.05) is 19.1 Å². The summed E-state index contributed by atoms with van der Waals surface area (Å²) in [5.74, 6) is -0.204. The number of ether oxygens (including phenoxy) is 1. The summed E-state index contributed by atoms with van der Waals surface area (Å²) in [6.45, 7) is 7.81. The van der Waals surface area contributed by atoms with Gasteiger partial charge < -0.3 is 10.5 Å². The molecule has 1 aliphatic heterocycles. The fourth-order valence-electron chi connectivity index (χ4n) is 2.91. The molecule has 0 amide bonds. The lowest BCUT2D eigenvalue weighted by Crippen LogP contribution is -2.53. The third-order valence-corrected chi connectivity index (χ3v) is 4.08. The first kappa shape index (κ1) is 15.4. The SMILES string of the molecule is CCC(N)C(c1cccc(F)c1)N1CC(C)OCC1C. The number of benzene rings is 1. The number of hydrogen-bond donors (Lipinski definition) is 1. The summed E-state index contributed by atoms with van der Waals surface area (Å²) in [4.78, 5) is 2.36. The van der Waals surface area contributed by atoms with E-state index in [-0.39, 0.29) is 30.0 Å². The van der Waals surface area contributed by atoms with Crippen LogP contribution in [0.2, 0.25) is 0 Å². The predicted molar refractivity (Wildman–Crippen MR) is 79.0 cm³/mol. The fraction of sp³-hybridized carbons (Fsp3) is 0.625. The molecule has 0 bridgehead atoms. The third kappa shape index (κ3) is 3.37. The Morgan fingerprint density at radius 1 is 1.45 bits per heavy atom. The minimum atomic E-state index is -0.204. The minimum absolute atomic E-state index is 0.00968. The van der Waals surface area contributed by atoms with E-state index < -0.39 is 0 Å². The van der Waals surface area contributed by atoms with E-state index in [2.05, 4.69) is 25.7 Å². The largest absolute Gasteiger partial charge is 0.376 e. The van der Waals surface area contributed by atoms with Crippen LogP contribution in [0.25, 0.3) is 0 Å². The van der Waals surface area contributed by atoms with Gasteiger partial charge in [-0.25, -0.2) is 4.39 Å². The van der Waals surface area contributed by atoms with E-state index in [4.69, 9.17) is 10.5 Å². The Kier molecular flexibility index (Phi) is 5.13. The lowest BCUT2D eigenvalue weighted by Gasteiger charge is -2.44. The molecule has 2 N–H and O–H groups in total. The van der Waals surface area contributed by atoms with Crippen LogP contribution >= 0.6 is 0 Å². The van der Waals surface area contributed by atoms with E-state index in [9.17, 15) is 4.39 Å². The summed E-state index contributed by atoms with van der Waals surface area (Å²) in [6, 6.07) is 7.12. The second-order valence-electron chi connectivity index (χ2n) is 5.76. The molecular weight excluding hydrogens is 255 g/mol. The van der Waals surface area contributed by atoms with Crippen molar-refractivity contribution in [2.24, 2.45) is 5.73 Å². The Balaban J connectivity index is 2.31. The molecule has 1 saturated heterocycles. The molecule has 1 aromatic rings. The van der Waals surface area contributed by atoms with Gasteiger partial charge in [-0.15, -0.1) is 0 Å². The molecule has 112 valence electrons. The van der Waals surface area contributed by atoms with E-state index in [0.29, 0.717) is 6.61 Å². The van der Waals surface area contributed by atoms with Crippen molar-refractivity contribution in [2.45, 2.75) is 51.4 Å². The first-order valence-electron chi connectivity index (χ1n) is 7.41. The molecule has 1 heterocycles. The molecule has 1 aromatic carbocycles. The Bertz CT molecular complexity index is 440. The summed E-state index contributed by atoms with van der Waals surface area (Å²) in [5.41, 5.74) is 7.29. The van der Waals surface area contributed by atoms with Crippen molar-refractivity contribution in [2.75, 3.05) is 13.2 Å². The minimum Gasteiger partial charge on any atom is -0.376 e. The molecule has 1 aliphatic rings. The predicted octanol–water partition coefficient (Wildman–Crippen LogP) is 2.71. The van der Waals surface area contributed by atoms with Crippen molar-refractivity contribution < 1.29 is 9.13 Å². The summed E-state index contributed by atoms with van der Waals surface area (Å²) in [5, 5.41) is 0. The second-order valence-corrected chi connectivity index (χ2v) is 5.76. The van der Waals surface area contributed by atoms with Gasteiger partial charge in [0.05, 0.1) is 18.8 Å². The monoisotopic (exact) mass is 280 g/mol. The van der Waals surface area contributed by atoms with Crippen molar-refractivity contribution in [3.63, 3.8) is 0 Å².